The SMILES string of the molecule is Cc1ccc(-c2cc3nc(N)nc(N)c3c3ccn(C)c23)cc1. The van der Waals surface area contributed by atoms with Crippen LogP contribution in [0.1, 0.15) is 5.56 Å². The molecule has 0 aliphatic carbocycles. The fourth-order valence-electron chi connectivity index (χ4n) is 3.12. The van der Waals surface area contributed by atoms with Gasteiger partial charge in [0.15, 0.2) is 0 Å². The molecule has 0 aliphatic rings. The van der Waals surface area contributed by atoms with Crippen LogP contribution in [-0.4, -0.2) is 14.5 Å². The van der Waals surface area contributed by atoms with Gasteiger partial charge in [-0.3, -0.25) is 0 Å². The molecule has 0 spiro atoms. The normalized spacial score (nSPS) is 11.4. The summed E-state index contributed by atoms with van der Waals surface area (Å²) in [5.74, 6) is 0.610. The van der Waals surface area contributed by atoms with Crippen molar-refractivity contribution < 1.29 is 0 Å². The first-order chi connectivity index (χ1) is 11.0. The first-order valence-corrected chi connectivity index (χ1v) is 7.42. The van der Waals surface area contributed by atoms with E-state index in [9.17, 15) is 0 Å². The Hall–Kier alpha value is -3.08. The maximum Gasteiger partial charge on any atom is 0.222 e. The van der Waals surface area contributed by atoms with Crippen LogP contribution in [0.15, 0.2) is 42.6 Å². The molecule has 5 nitrogen and oxygen atoms in total. The van der Waals surface area contributed by atoms with E-state index < -0.39 is 0 Å². The lowest BCUT2D eigenvalue weighted by Crippen LogP contribution is -2.01. The molecule has 0 radical (unpaired) electrons. The number of hydrogen-bond acceptors (Lipinski definition) is 4. The van der Waals surface area contributed by atoms with E-state index in [1.165, 1.54) is 5.56 Å². The molecule has 0 atom stereocenters. The van der Waals surface area contributed by atoms with Gasteiger partial charge >= 0.3 is 0 Å². The third-order valence-electron chi connectivity index (χ3n) is 4.22. The van der Waals surface area contributed by atoms with E-state index in [1.807, 2.05) is 25.4 Å². The fraction of sp³-hybridized carbons (Fsp3) is 0.111. The summed E-state index contributed by atoms with van der Waals surface area (Å²) >= 11 is 0. The second kappa shape index (κ2) is 4.71. The zero-order valence-electron chi connectivity index (χ0n) is 13.0. The molecule has 0 unspecified atom stereocenters. The molecule has 0 saturated heterocycles. The highest BCUT2D eigenvalue weighted by Crippen LogP contribution is 2.36. The third kappa shape index (κ3) is 2.01. The van der Waals surface area contributed by atoms with E-state index in [0.717, 1.165) is 32.9 Å². The number of nitrogen functional groups attached to an aromatic ring is 2. The highest BCUT2D eigenvalue weighted by atomic mass is 15.0. The standard InChI is InChI=1S/C18H17N5/c1-10-3-5-11(6-4-10)13-9-14-15(17(19)22-18(20)21-14)12-7-8-23(2)16(12)13/h3-9H,1-2H3,(H4,19,20,21,22). The Bertz CT molecular complexity index is 1040. The van der Waals surface area contributed by atoms with Crippen molar-refractivity contribution in [1.82, 2.24) is 14.5 Å². The lowest BCUT2D eigenvalue weighted by molar-refractivity contribution is 0.970. The van der Waals surface area contributed by atoms with Gasteiger partial charge in [0.05, 0.1) is 16.4 Å². The summed E-state index contributed by atoms with van der Waals surface area (Å²) in [5.41, 5.74) is 17.2. The Labute approximate surface area is 133 Å². The molecule has 0 aliphatic heterocycles. The van der Waals surface area contributed by atoms with Gasteiger partial charge in [-0.25, -0.2) is 4.98 Å². The number of fused-ring (bicyclic) bond motifs is 3. The van der Waals surface area contributed by atoms with Gasteiger partial charge in [0.25, 0.3) is 0 Å². The summed E-state index contributed by atoms with van der Waals surface area (Å²) in [6, 6.07) is 12.5. The van der Waals surface area contributed by atoms with Gasteiger partial charge in [0, 0.05) is 24.2 Å². The molecule has 5 heteroatoms. The summed E-state index contributed by atoms with van der Waals surface area (Å²) < 4.78 is 2.10. The lowest BCUT2D eigenvalue weighted by Gasteiger charge is -2.11. The minimum Gasteiger partial charge on any atom is -0.383 e. The third-order valence-corrected chi connectivity index (χ3v) is 4.22. The molecule has 4 rings (SSSR count). The number of nitrogens with zero attached hydrogens (tertiary/aromatic N) is 3. The minimum absolute atomic E-state index is 0.195. The van der Waals surface area contributed by atoms with Crippen molar-refractivity contribution in [3.05, 3.63) is 48.2 Å². The summed E-state index contributed by atoms with van der Waals surface area (Å²) in [6.45, 7) is 2.08. The molecule has 0 bridgehead atoms. The van der Waals surface area contributed by atoms with Crippen LogP contribution in [0.2, 0.25) is 0 Å². The van der Waals surface area contributed by atoms with Crippen LogP contribution in [0.5, 0.6) is 0 Å². The number of aryl methyl sites for hydroxylation is 2. The molecule has 2 heterocycles. The van der Waals surface area contributed by atoms with E-state index in [-0.39, 0.29) is 5.95 Å². The number of hydrogen-bond donors (Lipinski definition) is 2. The van der Waals surface area contributed by atoms with E-state index in [0.29, 0.717) is 5.82 Å². The van der Waals surface area contributed by atoms with E-state index >= 15 is 0 Å². The number of rotatable bonds is 1. The van der Waals surface area contributed by atoms with Crippen LogP contribution in [0.4, 0.5) is 11.8 Å². The smallest absolute Gasteiger partial charge is 0.222 e. The monoisotopic (exact) mass is 303 g/mol. The second-order valence-electron chi connectivity index (χ2n) is 5.84. The van der Waals surface area contributed by atoms with E-state index in [1.54, 1.807) is 0 Å². The van der Waals surface area contributed by atoms with Crippen LogP contribution < -0.4 is 11.5 Å². The topological polar surface area (TPSA) is 82.8 Å². The molecular formula is C18H17N5. The Morgan fingerprint density at radius 1 is 1.00 bits per heavy atom. The zero-order valence-corrected chi connectivity index (χ0v) is 13.0. The van der Waals surface area contributed by atoms with Gasteiger partial charge in [-0.15, -0.1) is 0 Å². The molecule has 2 aromatic carbocycles. The van der Waals surface area contributed by atoms with Crippen molar-refractivity contribution in [2.45, 2.75) is 6.92 Å². The summed E-state index contributed by atoms with van der Waals surface area (Å²) in [7, 11) is 2.03. The molecule has 4 aromatic rings. The van der Waals surface area contributed by atoms with Crippen molar-refractivity contribution >= 4 is 33.6 Å². The number of benzene rings is 2. The quantitative estimate of drug-likeness (QED) is 0.565. The van der Waals surface area contributed by atoms with Gasteiger partial charge in [0.1, 0.15) is 5.82 Å². The van der Waals surface area contributed by atoms with E-state index in [4.69, 9.17) is 11.5 Å². The highest BCUT2D eigenvalue weighted by molar-refractivity contribution is 6.15. The van der Waals surface area contributed by atoms with Crippen LogP contribution in [0.25, 0.3) is 32.9 Å². The predicted octanol–water partition coefficient (Wildman–Crippen LogP) is 3.26. The average Bonchev–Trinajstić information content (AvgIpc) is 2.89. The van der Waals surface area contributed by atoms with Gasteiger partial charge in [-0.05, 0) is 24.6 Å². The molecule has 4 N–H and O–H groups in total. The first kappa shape index (κ1) is 13.6. The molecule has 0 saturated carbocycles. The lowest BCUT2D eigenvalue weighted by atomic mass is 9.99. The molecule has 0 amide bonds. The van der Waals surface area contributed by atoms with Gasteiger partial charge in [-0.2, -0.15) is 4.98 Å². The Kier molecular flexibility index (Phi) is 2.78. The maximum atomic E-state index is 6.10. The summed E-state index contributed by atoms with van der Waals surface area (Å²) in [6.07, 6.45) is 2.03. The van der Waals surface area contributed by atoms with Gasteiger partial charge in [0.2, 0.25) is 5.95 Å². The zero-order chi connectivity index (χ0) is 16.1. The molecule has 2 aromatic heterocycles. The maximum absolute atomic E-state index is 6.10. The molecule has 0 fully saturated rings. The molecule has 114 valence electrons. The number of aromatic nitrogens is 3. The van der Waals surface area contributed by atoms with Crippen molar-refractivity contribution in [2.24, 2.45) is 7.05 Å². The van der Waals surface area contributed by atoms with Gasteiger partial charge < -0.3 is 16.0 Å². The second-order valence-corrected chi connectivity index (χ2v) is 5.84. The highest BCUT2D eigenvalue weighted by Gasteiger charge is 2.15. The van der Waals surface area contributed by atoms with Crippen molar-refractivity contribution in [3.8, 4) is 11.1 Å². The minimum atomic E-state index is 0.195. The fourth-order valence-corrected chi connectivity index (χ4v) is 3.12. The Morgan fingerprint density at radius 3 is 2.48 bits per heavy atom. The Morgan fingerprint density at radius 2 is 1.74 bits per heavy atom. The van der Waals surface area contributed by atoms with E-state index in [2.05, 4.69) is 45.7 Å². The van der Waals surface area contributed by atoms with Crippen LogP contribution >= 0.6 is 0 Å². The van der Waals surface area contributed by atoms with Crippen LogP contribution in [0, 0.1) is 6.92 Å². The van der Waals surface area contributed by atoms with Crippen LogP contribution in [-0.2, 0) is 7.05 Å². The first-order valence-electron chi connectivity index (χ1n) is 7.42. The van der Waals surface area contributed by atoms with Crippen molar-refractivity contribution in [1.29, 1.82) is 0 Å². The van der Waals surface area contributed by atoms with Gasteiger partial charge in [-0.1, -0.05) is 29.8 Å². The van der Waals surface area contributed by atoms with Crippen LogP contribution in [0.3, 0.4) is 0 Å². The average molecular weight is 303 g/mol. The number of nitrogens with two attached hydrogens (primary N) is 2. The van der Waals surface area contributed by atoms with Crippen molar-refractivity contribution in [2.75, 3.05) is 11.5 Å². The largest absolute Gasteiger partial charge is 0.383 e. The summed E-state index contributed by atoms with van der Waals surface area (Å²) in [5, 5.41) is 1.89. The Balaban J connectivity index is 2.18. The van der Waals surface area contributed by atoms with Crippen molar-refractivity contribution in [3.63, 3.8) is 0 Å². The molecule has 23 heavy (non-hydrogen) atoms. The molecular weight excluding hydrogens is 286 g/mol. The number of anilines is 2. The summed E-state index contributed by atoms with van der Waals surface area (Å²) in [4.78, 5) is 8.49. The predicted molar refractivity (Wildman–Crippen MR) is 95.0 cm³/mol.